The van der Waals surface area contributed by atoms with Crippen LogP contribution < -0.4 is 0 Å². The molecule has 96 valence electrons. The van der Waals surface area contributed by atoms with Gasteiger partial charge in [-0.25, -0.2) is 4.39 Å². The van der Waals surface area contributed by atoms with Gasteiger partial charge in [0, 0.05) is 18.7 Å². The number of hydrogen-bond acceptors (Lipinski definition) is 3. The summed E-state index contributed by atoms with van der Waals surface area (Å²) in [5, 5.41) is 11.8. The molecule has 0 aromatic heterocycles. The van der Waals surface area contributed by atoms with Crippen LogP contribution in [0.5, 0.6) is 0 Å². The first-order chi connectivity index (χ1) is 8.74. The van der Waals surface area contributed by atoms with E-state index in [0.717, 1.165) is 0 Å². The van der Waals surface area contributed by atoms with Crippen molar-refractivity contribution < 1.29 is 9.60 Å². The van der Waals surface area contributed by atoms with E-state index in [9.17, 15) is 4.39 Å². The molecule has 0 heterocycles. The lowest BCUT2D eigenvalue weighted by atomic mass is 10.1. The minimum atomic E-state index is -0.452. The maximum Gasteiger partial charge on any atom is 0.128 e. The molecular weight excluding hydrogens is 231 g/mol. The zero-order valence-electron chi connectivity index (χ0n) is 10.2. The normalized spacial score (nSPS) is 12.8. The smallest absolute Gasteiger partial charge is 0.128 e. The number of halogens is 1. The quantitative estimate of drug-likeness (QED) is 0.348. The first-order valence-corrected chi connectivity index (χ1v) is 5.62. The monoisotopic (exact) mass is 248 g/mol. The molecule has 0 aliphatic heterocycles. The van der Waals surface area contributed by atoms with Crippen molar-refractivity contribution in [1.82, 2.24) is 4.90 Å². The molecule has 1 aromatic rings. The Labute approximate surface area is 107 Å². The van der Waals surface area contributed by atoms with Crippen LogP contribution >= 0.6 is 0 Å². The fourth-order valence-corrected chi connectivity index (χ4v) is 1.78. The van der Waals surface area contributed by atoms with Crippen LogP contribution in [0.1, 0.15) is 11.6 Å². The average Bonchev–Trinajstić information content (AvgIpc) is 2.37. The number of nitrogens with zero attached hydrogens (tertiary/aromatic N) is 2. The number of oxime groups is 1. The topological polar surface area (TPSA) is 35.8 Å². The summed E-state index contributed by atoms with van der Waals surface area (Å²) >= 11 is 0. The molecule has 0 saturated heterocycles. The molecule has 0 saturated carbocycles. The Morgan fingerprint density at radius 3 is 2.39 bits per heavy atom. The molecule has 0 aliphatic carbocycles. The van der Waals surface area contributed by atoms with Crippen LogP contribution in [0.4, 0.5) is 4.39 Å². The molecule has 0 aliphatic rings. The Morgan fingerprint density at radius 2 is 1.89 bits per heavy atom. The van der Waals surface area contributed by atoms with Crippen LogP contribution in [-0.4, -0.2) is 29.4 Å². The van der Waals surface area contributed by atoms with Crippen LogP contribution in [0.15, 0.2) is 54.7 Å². The van der Waals surface area contributed by atoms with Gasteiger partial charge in [0.05, 0.1) is 12.3 Å². The summed E-state index contributed by atoms with van der Waals surface area (Å²) in [5.74, 6) is -0.333. The fraction of sp³-hybridized carbons (Fsp3) is 0.214. The van der Waals surface area contributed by atoms with Crippen LogP contribution in [0.3, 0.4) is 0 Å². The van der Waals surface area contributed by atoms with Gasteiger partial charge in [-0.1, -0.05) is 30.4 Å². The minimum Gasteiger partial charge on any atom is -0.411 e. The summed E-state index contributed by atoms with van der Waals surface area (Å²) in [6.07, 6.45) is 4.72. The zero-order valence-corrected chi connectivity index (χ0v) is 10.2. The predicted octanol–water partition coefficient (Wildman–Crippen LogP) is 3.00. The number of hydrogen-bond donors (Lipinski definition) is 1. The molecule has 0 bridgehead atoms. The lowest BCUT2D eigenvalue weighted by Gasteiger charge is -2.27. The molecule has 18 heavy (non-hydrogen) atoms. The van der Waals surface area contributed by atoms with Crippen molar-refractivity contribution in [3.63, 3.8) is 0 Å². The summed E-state index contributed by atoms with van der Waals surface area (Å²) in [6, 6.07) is 5.97. The van der Waals surface area contributed by atoms with Crippen LogP contribution in [0.2, 0.25) is 0 Å². The minimum absolute atomic E-state index is 0.333. The summed E-state index contributed by atoms with van der Waals surface area (Å²) in [5.41, 5.74) is 0.457. The van der Waals surface area contributed by atoms with Gasteiger partial charge in [-0.05, 0) is 6.07 Å². The van der Waals surface area contributed by atoms with E-state index in [1.807, 2.05) is 4.90 Å². The van der Waals surface area contributed by atoms with E-state index in [1.54, 1.807) is 30.4 Å². The fourth-order valence-electron chi connectivity index (χ4n) is 1.78. The molecule has 1 N–H and O–H groups in total. The summed E-state index contributed by atoms with van der Waals surface area (Å²) in [4.78, 5) is 1.89. The Bertz CT molecular complexity index is 422. The molecule has 4 heteroatoms. The predicted molar refractivity (Wildman–Crippen MR) is 71.4 cm³/mol. The summed E-state index contributed by atoms with van der Waals surface area (Å²) in [6.45, 7) is 8.41. The van der Waals surface area contributed by atoms with E-state index in [4.69, 9.17) is 5.21 Å². The van der Waals surface area contributed by atoms with Gasteiger partial charge < -0.3 is 5.21 Å². The third-order valence-corrected chi connectivity index (χ3v) is 2.55. The first-order valence-electron chi connectivity index (χ1n) is 5.62. The van der Waals surface area contributed by atoms with Gasteiger partial charge in [-0.15, -0.1) is 18.3 Å². The highest BCUT2D eigenvalue weighted by molar-refractivity contribution is 5.66. The Kier molecular flexibility index (Phi) is 5.80. The second kappa shape index (κ2) is 7.40. The molecule has 3 nitrogen and oxygen atoms in total. The van der Waals surface area contributed by atoms with Gasteiger partial charge in [0.15, 0.2) is 0 Å². The SMILES string of the molecule is C=CCN(CC=C)C(C=NO)c1ccccc1F. The molecule has 0 radical (unpaired) electrons. The van der Waals surface area contributed by atoms with E-state index < -0.39 is 6.04 Å². The highest BCUT2D eigenvalue weighted by Crippen LogP contribution is 2.21. The van der Waals surface area contributed by atoms with Gasteiger partial charge in [0.2, 0.25) is 0 Å². The lowest BCUT2D eigenvalue weighted by Crippen LogP contribution is -2.30. The molecule has 0 fully saturated rings. The van der Waals surface area contributed by atoms with E-state index >= 15 is 0 Å². The van der Waals surface area contributed by atoms with Crippen molar-refractivity contribution in [2.24, 2.45) is 5.16 Å². The van der Waals surface area contributed by atoms with Crippen LogP contribution in [-0.2, 0) is 0 Å². The van der Waals surface area contributed by atoms with Crippen LogP contribution in [0.25, 0.3) is 0 Å². The van der Waals surface area contributed by atoms with Crippen molar-refractivity contribution in [2.45, 2.75) is 6.04 Å². The van der Waals surface area contributed by atoms with E-state index in [2.05, 4.69) is 18.3 Å². The molecule has 1 aromatic carbocycles. The Balaban J connectivity index is 3.10. The van der Waals surface area contributed by atoms with E-state index in [-0.39, 0.29) is 5.82 Å². The van der Waals surface area contributed by atoms with Gasteiger partial charge in [0.25, 0.3) is 0 Å². The van der Waals surface area contributed by atoms with Gasteiger partial charge in [-0.3, -0.25) is 4.90 Å². The van der Waals surface area contributed by atoms with Gasteiger partial charge >= 0.3 is 0 Å². The number of benzene rings is 1. The van der Waals surface area contributed by atoms with Crippen LogP contribution in [0, 0.1) is 5.82 Å². The van der Waals surface area contributed by atoms with Gasteiger partial charge in [0.1, 0.15) is 5.82 Å². The van der Waals surface area contributed by atoms with Crippen molar-refractivity contribution in [3.05, 3.63) is 61.0 Å². The third-order valence-electron chi connectivity index (χ3n) is 2.55. The summed E-state index contributed by atoms with van der Waals surface area (Å²) < 4.78 is 13.8. The standard InChI is InChI=1S/C14H17FN2O/c1-3-9-17(10-4-2)14(11-16-18)12-7-5-6-8-13(12)15/h3-8,11,14,18H,1-2,9-10H2. The molecular formula is C14H17FN2O. The Hall–Kier alpha value is -1.94. The second-order valence-corrected chi connectivity index (χ2v) is 3.76. The lowest BCUT2D eigenvalue weighted by molar-refractivity contribution is 0.280. The first kappa shape index (κ1) is 14.1. The van der Waals surface area contributed by atoms with Gasteiger partial charge in [-0.2, -0.15) is 0 Å². The highest BCUT2D eigenvalue weighted by atomic mass is 19.1. The van der Waals surface area contributed by atoms with E-state index in [1.165, 1.54) is 12.3 Å². The maximum atomic E-state index is 13.8. The van der Waals surface area contributed by atoms with Crippen molar-refractivity contribution in [1.29, 1.82) is 0 Å². The average molecular weight is 248 g/mol. The molecule has 1 atom stereocenters. The second-order valence-electron chi connectivity index (χ2n) is 3.76. The van der Waals surface area contributed by atoms with Crippen molar-refractivity contribution in [3.8, 4) is 0 Å². The number of rotatable bonds is 7. The maximum absolute atomic E-state index is 13.8. The summed E-state index contributed by atoms with van der Waals surface area (Å²) in [7, 11) is 0. The molecule has 1 unspecified atom stereocenters. The zero-order chi connectivity index (χ0) is 13.4. The molecule has 0 spiro atoms. The van der Waals surface area contributed by atoms with Crippen molar-refractivity contribution in [2.75, 3.05) is 13.1 Å². The molecule has 1 rings (SSSR count). The third kappa shape index (κ3) is 3.53. The Morgan fingerprint density at radius 1 is 1.28 bits per heavy atom. The largest absolute Gasteiger partial charge is 0.411 e. The highest BCUT2D eigenvalue weighted by Gasteiger charge is 2.19. The van der Waals surface area contributed by atoms with Crippen molar-refractivity contribution >= 4 is 6.21 Å². The van der Waals surface area contributed by atoms with E-state index in [0.29, 0.717) is 18.7 Å². The molecule has 0 amide bonds.